The molecule has 1 aromatic heterocycles. The van der Waals surface area contributed by atoms with Gasteiger partial charge in [-0.2, -0.15) is 10.4 Å². The first-order valence-electron chi connectivity index (χ1n) is 12.8. The minimum absolute atomic E-state index is 0.120. The number of hydrogen-bond donors (Lipinski definition) is 1. The molecule has 4 aromatic rings. The molecule has 0 aliphatic heterocycles. The van der Waals surface area contributed by atoms with Gasteiger partial charge in [-0.15, -0.1) is 0 Å². The molecule has 3 aromatic carbocycles. The molecule has 0 bridgehead atoms. The van der Waals surface area contributed by atoms with Gasteiger partial charge in [0.1, 0.15) is 11.6 Å². The molecule has 0 fully saturated rings. The van der Waals surface area contributed by atoms with E-state index >= 15 is 0 Å². The zero-order valence-electron chi connectivity index (χ0n) is 20.9. The predicted molar refractivity (Wildman–Crippen MR) is 143 cm³/mol. The van der Waals surface area contributed by atoms with Crippen LogP contribution in [0.15, 0.2) is 90.2 Å². The predicted octanol–water partition coefficient (Wildman–Crippen LogP) is 7.54. The van der Waals surface area contributed by atoms with Gasteiger partial charge >= 0.3 is 0 Å². The molecule has 3 atom stereocenters. The van der Waals surface area contributed by atoms with Crippen LogP contribution in [-0.4, -0.2) is 14.9 Å². The molecule has 1 heterocycles. The third-order valence-electron chi connectivity index (χ3n) is 8.37. The normalized spacial score (nSPS) is 22.8. The van der Waals surface area contributed by atoms with Crippen molar-refractivity contribution in [3.8, 4) is 34.1 Å². The standard InChI is InChI=1S/C32H28FN3O/c1-20-28-15-14-27-29(23-11-6-12-25(33)16-23)36(35-31(27)32(28,2)18-24(19-34)30(20)37)26-13-7-10-22(17-26)21-8-4-3-5-9-21/h3-13,16-17,20,28,37H,14-15,18H2,1-2H3/t20-,28-,32-/m1/s1. The van der Waals surface area contributed by atoms with Crippen LogP contribution in [0.1, 0.15) is 37.9 Å². The van der Waals surface area contributed by atoms with Gasteiger partial charge in [0, 0.05) is 22.5 Å². The molecule has 0 saturated carbocycles. The molecule has 0 spiro atoms. The maximum Gasteiger partial charge on any atom is 0.123 e. The number of halogens is 1. The van der Waals surface area contributed by atoms with Gasteiger partial charge in [-0.25, -0.2) is 9.07 Å². The summed E-state index contributed by atoms with van der Waals surface area (Å²) < 4.78 is 16.4. The monoisotopic (exact) mass is 489 g/mol. The van der Waals surface area contributed by atoms with Crippen LogP contribution in [0.3, 0.4) is 0 Å². The van der Waals surface area contributed by atoms with Gasteiger partial charge in [0.15, 0.2) is 0 Å². The summed E-state index contributed by atoms with van der Waals surface area (Å²) in [6, 6.07) is 27.4. The van der Waals surface area contributed by atoms with Crippen molar-refractivity contribution in [3.63, 3.8) is 0 Å². The van der Waals surface area contributed by atoms with E-state index in [0.29, 0.717) is 12.0 Å². The Kier molecular flexibility index (Phi) is 5.49. The van der Waals surface area contributed by atoms with E-state index in [1.807, 2.05) is 48.0 Å². The first-order chi connectivity index (χ1) is 17.9. The van der Waals surface area contributed by atoms with Crippen LogP contribution < -0.4 is 0 Å². The highest BCUT2D eigenvalue weighted by molar-refractivity contribution is 5.71. The number of allylic oxidation sites excluding steroid dienone is 2. The van der Waals surface area contributed by atoms with Crippen molar-refractivity contribution in [2.45, 2.75) is 38.5 Å². The highest BCUT2D eigenvalue weighted by atomic mass is 19.1. The van der Waals surface area contributed by atoms with E-state index < -0.39 is 5.41 Å². The molecule has 4 nitrogen and oxygen atoms in total. The lowest BCUT2D eigenvalue weighted by molar-refractivity contribution is 0.136. The molecule has 2 aliphatic rings. The lowest BCUT2D eigenvalue weighted by atomic mass is 9.57. The van der Waals surface area contributed by atoms with E-state index in [2.05, 4.69) is 37.3 Å². The molecule has 0 amide bonds. The van der Waals surface area contributed by atoms with E-state index in [0.717, 1.165) is 52.2 Å². The molecule has 5 heteroatoms. The maximum absolute atomic E-state index is 14.4. The van der Waals surface area contributed by atoms with Gasteiger partial charge in [-0.1, -0.05) is 68.4 Å². The molecule has 184 valence electrons. The first kappa shape index (κ1) is 23.2. The van der Waals surface area contributed by atoms with Crippen molar-refractivity contribution in [2.24, 2.45) is 11.8 Å². The number of rotatable bonds is 3. The molecule has 2 aliphatic carbocycles. The average Bonchev–Trinajstić information content (AvgIpc) is 3.32. The summed E-state index contributed by atoms with van der Waals surface area (Å²) in [5.74, 6) is -0.0289. The van der Waals surface area contributed by atoms with E-state index in [1.165, 1.54) is 6.07 Å². The van der Waals surface area contributed by atoms with E-state index in [9.17, 15) is 14.8 Å². The fourth-order valence-corrected chi connectivity index (χ4v) is 6.54. The zero-order valence-corrected chi connectivity index (χ0v) is 20.9. The van der Waals surface area contributed by atoms with Crippen LogP contribution in [0.5, 0.6) is 0 Å². The quantitative estimate of drug-likeness (QED) is 0.323. The fraction of sp³-hybridized carbons (Fsp3) is 0.250. The van der Waals surface area contributed by atoms with Crippen LogP contribution in [0.25, 0.3) is 28.1 Å². The number of nitrogens with zero attached hydrogens (tertiary/aromatic N) is 3. The average molecular weight is 490 g/mol. The molecule has 0 saturated heterocycles. The fourth-order valence-electron chi connectivity index (χ4n) is 6.54. The van der Waals surface area contributed by atoms with Gasteiger partial charge in [0.2, 0.25) is 0 Å². The minimum Gasteiger partial charge on any atom is -0.511 e. The second kappa shape index (κ2) is 8.74. The Hall–Kier alpha value is -4.17. The Balaban J connectivity index is 1.59. The van der Waals surface area contributed by atoms with Gasteiger partial charge < -0.3 is 5.11 Å². The number of benzene rings is 3. The van der Waals surface area contributed by atoms with Crippen molar-refractivity contribution in [1.82, 2.24) is 9.78 Å². The Morgan fingerprint density at radius 3 is 2.49 bits per heavy atom. The van der Waals surface area contributed by atoms with Crippen molar-refractivity contribution in [3.05, 3.63) is 107 Å². The van der Waals surface area contributed by atoms with Crippen LogP contribution in [0.4, 0.5) is 4.39 Å². The number of aliphatic hydroxyl groups excluding tert-OH is 1. The van der Waals surface area contributed by atoms with Gasteiger partial charge in [0.05, 0.1) is 28.7 Å². The zero-order chi connectivity index (χ0) is 25.7. The van der Waals surface area contributed by atoms with Crippen LogP contribution in [0.2, 0.25) is 0 Å². The van der Waals surface area contributed by atoms with Crippen molar-refractivity contribution in [1.29, 1.82) is 5.26 Å². The van der Waals surface area contributed by atoms with Crippen molar-refractivity contribution < 1.29 is 9.50 Å². The first-order valence-corrected chi connectivity index (χ1v) is 12.8. The summed E-state index contributed by atoms with van der Waals surface area (Å²) in [7, 11) is 0. The van der Waals surface area contributed by atoms with Crippen LogP contribution in [0, 0.1) is 29.0 Å². The van der Waals surface area contributed by atoms with Crippen molar-refractivity contribution in [2.75, 3.05) is 0 Å². The topological polar surface area (TPSA) is 61.8 Å². The molecule has 0 unspecified atom stereocenters. The summed E-state index contributed by atoms with van der Waals surface area (Å²) in [5.41, 5.74) is 6.83. The lowest BCUT2D eigenvalue weighted by Gasteiger charge is -2.46. The summed E-state index contributed by atoms with van der Waals surface area (Å²) in [4.78, 5) is 0. The number of aromatic nitrogens is 2. The summed E-state index contributed by atoms with van der Waals surface area (Å²) in [6.07, 6.45) is 2.09. The Morgan fingerprint density at radius 2 is 1.73 bits per heavy atom. The van der Waals surface area contributed by atoms with Gasteiger partial charge in [-0.3, -0.25) is 0 Å². The second-order valence-corrected chi connectivity index (χ2v) is 10.5. The van der Waals surface area contributed by atoms with E-state index in [1.54, 1.807) is 12.1 Å². The summed E-state index contributed by atoms with van der Waals surface area (Å²) in [5, 5.41) is 25.7. The Bertz CT molecular complexity index is 1580. The number of nitriles is 1. The largest absolute Gasteiger partial charge is 0.511 e. The van der Waals surface area contributed by atoms with E-state index in [-0.39, 0.29) is 23.4 Å². The maximum atomic E-state index is 14.4. The molecule has 6 rings (SSSR count). The number of hydrogen-bond acceptors (Lipinski definition) is 3. The Morgan fingerprint density at radius 1 is 1.00 bits per heavy atom. The molecular formula is C32H28FN3O. The van der Waals surface area contributed by atoms with Crippen LogP contribution in [-0.2, 0) is 11.8 Å². The minimum atomic E-state index is -0.408. The summed E-state index contributed by atoms with van der Waals surface area (Å²) >= 11 is 0. The molecule has 0 radical (unpaired) electrons. The van der Waals surface area contributed by atoms with E-state index in [4.69, 9.17) is 5.10 Å². The highest BCUT2D eigenvalue weighted by Gasteiger charge is 2.51. The van der Waals surface area contributed by atoms with Crippen molar-refractivity contribution >= 4 is 0 Å². The molecule has 1 N–H and O–H groups in total. The van der Waals surface area contributed by atoms with Gasteiger partial charge in [-0.05, 0) is 60.6 Å². The third-order valence-corrected chi connectivity index (χ3v) is 8.37. The SMILES string of the molecule is C[C@H]1C(O)=C(C#N)C[C@@]2(C)c3nn(-c4cccc(-c5ccccc5)c4)c(-c4cccc(F)c4)c3CC[C@H]12. The third kappa shape index (κ3) is 3.67. The molecular weight excluding hydrogens is 461 g/mol. The van der Waals surface area contributed by atoms with Crippen LogP contribution >= 0.6 is 0 Å². The lowest BCUT2D eigenvalue weighted by Crippen LogP contribution is -2.44. The smallest absolute Gasteiger partial charge is 0.123 e. The number of fused-ring (bicyclic) bond motifs is 3. The molecule has 37 heavy (non-hydrogen) atoms. The Labute approximate surface area is 216 Å². The van der Waals surface area contributed by atoms with Gasteiger partial charge in [0.25, 0.3) is 0 Å². The second-order valence-electron chi connectivity index (χ2n) is 10.5. The summed E-state index contributed by atoms with van der Waals surface area (Å²) in [6.45, 7) is 4.18. The highest BCUT2D eigenvalue weighted by Crippen LogP contribution is 2.54. The number of aliphatic hydroxyl groups is 1.